The minimum Gasteiger partial charge on any atom is -0.358 e. The van der Waals surface area contributed by atoms with Gasteiger partial charge in [0.05, 0.1) is 11.7 Å². The zero-order valence-electron chi connectivity index (χ0n) is 18.3. The Morgan fingerprint density at radius 3 is 2.85 bits per heavy atom. The van der Waals surface area contributed by atoms with Crippen molar-refractivity contribution < 1.29 is 9.59 Å². The first-order chi connectivity index (χ1) is 16.2. The molecule has 0 radical (unpaired) electrons. The number of aromatic amines is 1. The maximum Gasteiger partial charge on any atom is 0.243 e. The summed E-state index contributed by atoms with van der Waals surface area (Å²) in [4.78, 5) is 28.8. The molecule has 0 aromatic carbocycles. The van der Waals surface area contributed by atoms with E-state index in [1.807, 2.05) is 24.4 Å². The molecule has 0 bridgehead atoms. The van der Waals surface area contributed by atoms with E-state index < -0.39 is 0 Å². The number of H-pyrrole nitrogens is 1. The Balaban J connectivity index is 0.000000219. The van der Waals surface area contributed by atoms with Crippen LogP contribution in [0.5, 0.6) is 0 Å². The molecule has 33 heavy (non-hydrogen) atoms. The van der Waals surface area contributed by atoms with Gasteiger partial charge >= 0.3 is 0 Å². The van der Waals surface area contributed by atoms with E-state index in [9.17, 15) is 9.59 Å². The van der Waals surface area contributed by atoms with Gasteiger partial charge in [-0.2, -0.15) is 14.8 Å². The van der Waals surface area contributed by atoms with Crippen molar-refractivity contribution in [2.75, 3.05) is 6.54 Å². The zero-order chi connectivity index (χ0) is 23.0. The number of amides is 2. The number of nitrogens with one attached hydrogen (secondary N) is 3. The van der Waals surface area contributed by atoms with Crippen LogP contribution in [-0.2, 0) is 16.0 Å². The number of pyridine rings is 1. The summed E-state index contributed by atoms with van der Waals surface area (Å²) >= 11 is 0. The fraction of sp³-hybridized carbons (Fsp3) is 0.292. The lowest BCUT2D eigenvalue weighted by Crippen LogP contribution is -2.30. The van der Waals surface area contributed by atoms with Crippen LogP contribution in [0.25, 0.3) is 27.7 Å². The van der Waals surface area contributed by atoms with Crippen molar-refractivity contribution in [1.82, 2.24) is 35.4 Å². The molecule has 9 heteroatoms. The summed E-state index contributed by atoms with van der Waals surface area (Å²) < 4.78 is 1.61. The van der Waals surface area contributed by atoms with Gasteiger partial charge in [0.25, 0.3) is 0 Å². The minimum absolute atomic E-state index is 0.0353. The van der Waals surface area contributed by atoms with Crippen molar-refractivity contribution in [2.24, 2.45) is 0 Å². The van der Waals surface area contributed by atoms with Gasteiger partial charge in [-0.3, -0.25) is 9.59 Å². The molecule has 5 rings (SSSR count). The van der Waals surface area contributed by atoms with Gasteiger partial charge in [-0.05, 0) is 48.7 Å². The summed E-state index contributed by atoms with van der Waals surface area (Å²) in [5.74, 6) is -0.0353. The molecular weight excluding hydrogens is 418 g/mol. The van der Waals surface area contributed by atoms with Crippen LogP contribution in [0, 0.1) is 0 Å². The maximum absolute atomic E-state index is 10.7. The molecule has 1 saturated carbocycles. The highest BCUT2D eigenvalue weighted by Crippen LogP contribution is 2.30. The molecule has 4 aromatic heterocycles. The molecule has 0 atom stereocenters. The highest BCUT2D eigenvalue weighted by molar-refractivity contribution is 5.97. The summed E-state index contributed by atoms with van der Waals surface area (Å²) in [6.07, 6.45) is 12.9. The van der Waals surface area contributed by atoms with Crippen LogP contribution < -0.4 is 10.6 Å². The Labute approximate surface area is 191 Å². The van der Waals surface area contributed by atoms with Crippen molar-refractivity contribution >= 4 is 28.9 Å². The lowest BCUT2D eigenvalue weighted by molar-refractivity contribution is -0.117. The first-order valence-electron chi connectivity index (χ1n) is 11.1. The van der Waals surface area contributed by atoms with E-state index in [2.05, 4.69) is 43.4 Å². The van der Waals surface area contributed by atoms with Crippen molar-refractivity contribution in [3.8, 4) is 11.1 Å². The summed E-state index contributed by atoms with van der Waals surface area (Å²) in [7, 11) is 0. The first-order valence-corrected chi connectivity index (χ1v) is 11.1. The van der Waals surface area contributed by atoms with Crippen LogP contribution in [0.15, 0.2) is 55.5 Å². The molecule has 0 aliphatic heterocycles. The van der Waals surface area contributed by atoms with Crippen LogP contribution in [0.4, 0.5) is 0 Å². The van der Waals surface area contributed by atoms with E-state index in [0.717, 1.165) is 52.6 Å². The molecule has 0 unspecified atom stereocenters. The highest BCUT2D eigenvalue weighted by Gasteiger charge is 2.15. The van der Waals surface area contributed by atoms with Gasteiger partial charge in [-0.15, -0.1) is 0 Å². The van der Waals surface area contributed by atoms with Gasteiger partial charge in [-0.1, -0.05) is 19.4 Å². The molecule has 1 aliphatic carbocycles. The predicted molar refractivity (Wildman–Crippen MR) is 126 cm³/mol. The monoisotopic (exact) mass is 445 g/mol. The van der Waals surface area contributed by atoms with Crippen molar-refractivity contribution in [1.29, 1.82) is 0 Å². The van der Waals surface area contributed by atoms with Gasteiger partial charge in [-0.25, -0.2) is 4.98 Å². The molecule has 9 nitrogen and oxygen atoms in total. The summed E-state index contributed by atoms with van der Waals surface area (Å²) in [6, 6.07) is 8.36. The number of aromatic nitrogens is 5. The van der Waals surface area contributed by atoms with E-state index in [1.165, 1.54) is 18.9 Å². The van der Waals surface area contributed by atoms with Gasteiger partial charge < -0.3 is 15.6 Å². The average molecular weight is 446 g/mol. The number of nitrogens with zero attached hydrogens (tertiary/aromatic N) is 4. The standard InChI is InChI=1S/C16H14N6O.C8H13NO/c23-10-17-6-3-11-8-13-12(4-7-18-16(13)21-11)14-9-20-22-15(14)2-1-5-19-22;1-2-8(10)9-7-5-3-4-6-7/h1-2,4-5,7-10H,3,6H2,(H,17,23)(H,18,21);2,7H,1,3-6H2,(H,9,10). The zero-order valence-corrected chi connectivity index (χ0v) is 18.3. The smallest absolute Gasteiger partial charge is 0.243 e. The van der Waals surface area contributed by atoms with Crippen molar-refractivity contribution in [3.05, 3.63) is 61.2 Å². The van der Waals surface area contributed by atoms with E-state index in [1.54, 1.807) is 17.0 Å². The third-order valence-electron chi connectivity index (χ3n) is 5.69. The second-order valence-electron chi connectivity index (χ2n) is 7.89. The van der Waals surface area contributed by atoms with E-state index in [0.29, 0.717) is 19.0 Å². The van der Waals surface area contributed by atoms with Crippen LogP contribution in [0.2, 0.25) is 0 Å². The number of carbonyl (C=O) groups is 2. The van der Waals surface area contributed by atoms with Crippen molar-refractivity contribution in [2.45, 2.75) is 38.1 Å². The molecule has 0 spiro atoms. The fourth-order valence-corrected chi connectivity index (χ4v) is 4.09. The molecule has 1 fully saturated rings. The quantitative estimate of drug-likeness (QED) is 0.230. The third kappa shape index (κ3) is 5.25. The largest absolute Gasteiger partial charge is 0.358 e. The third-order valence-corrected chi connectivity index (χ3v) is 5.69. The number of fused-ring (bicyclic) bond motifs is 2. The van der Waals surface area contributed by atoms with E-state index in [-0.39, 0.29) is 5.91 Å². The molecule has 4 aromatic rings. The van der Waals surface area contributed by atoms with Gasteiger partial charge in [0, 0.05) is 48.0 Å². The molecule has 0 saturated heterocycles. The Morgan fingerprint density at radius 1 is 1.21 bits per heavy atom. The Bertz CT molecular complexity index is 1250. The predicted octanol–water partition coefficient (Wildman–Crippen LogP) is 2.79. The molecule has 170 valence electrons. The van der Waals surface area contributed by atoms with Gasteiger partial charge in [0.1, 0.15) is 5.65 Å². The number of carbonyl (C=O) groups excluding carboxylic acids is 2. The minimum atomic E-state index is -0.0353. The second-order valence-corrected chi connectivity index (χ2v) is 7.89. The van der Waals surface area contributed by atoms with Crippen molar-refractivity contribution in [3.63, 3.8) is 0 Å². The summed E-state index contributed by atoms with van der Waals surface area (Å²) in [6.45, 7) is 3.98. The van der Waals surface area contributed by atoms with E-state index >= 15 is 0 Å². The number of hydrogen-bond acceptors (Lipinski definition) is 5. The van der Waals surface area contributed by atoms with E-state index in [4.69, 9.17) is 0 Å². The lowest BCUT2D eigenvalue weighted by Gasteiger charge is -2.08. The van der Waals surface area contributed by atoms with Crippen LogP contribution >= 0.6 is 0 Å². The molecular formula is C24H27N7O2. The Kier molecular flexibility index (Phi) is 7.09. The number of rotatable bonds is 7. The number of hydrogen-bond donors (Lipinski definition) is 3. The highest BCUT2D eigenvalue weighted by atomic mass is 16.1. The van der Waals surface area contributed by atoms with Gasteiger partial charge in [0.2, 0.25) is 12.3 Å². The van der Waals surface area contributed by atoms with Crippen LogP contribution in [0.1, 0.15) is 31.4 Å². The normalized spacial score (nSPS) is 13.5. The first kappa shape index (κ1) is 22.2. The Hall–Kier alpha value is -4.01. The molecule has 4 heterocycles. The average Bonchev–Trinajstić information content (AvgIpc) is 3.59. The second kappa shape index (κ2) is 10.5. The summed E-state index contributed by atoms with van der Waals surface area (Å²) in [5.41, 5.74) is 4.88. The molecule has 2 amide bonds. The fourth-order valence-electron chi connectivity index (χ4n) is 4.09. The SMILES string of the molecule is C=CC(=O)NC1CCCC1.O=CNCCc1cc2c(-c3cnn4ncccc34)ccnc2[nH]1. The Morgan fingerprint density at radius 2 is 2.06 bits per heavy atom. The molecule has 3 N–H and O–H groups in total. The van der Waals surface area contributed by atoms with Crippen LogP contribution in [0.3, 0.4) is 0 Å². The lowest BCUT2D eigenvalue weighted by atomic mass is 10.1. The summed E-state index contributed by atoms with van der Waals surface area (Å²) in [5, 5.41) is 15.1. The van der Waals surface area contributed by atoms with Gasteiger partial charge in [0.15, 0.2) is 0 Å². The van der Waals surface area contributed by atoms with Crippen LogP contribution in [-0.4, -0.2) is 49.7 Å². The topological polar surface area (TPSA) is 117 Å². The maximum atomic E-state index is 10.7. The molecule has 1 aliphatic rings.